The first-order valence-corrected chi connectivity index (χ1v) is 8.06. The minimum Gasteiger partial charge on any atom is -0.497 e. The van der Waals surface area contributed by atoms with Gasteiger partial charge in [0.05, 0.1) is 12.8 Å². The molecular weight excluding hydrogens is 284 g/mol. The van der Waals surface area contributed by atoms with E-state index in [4.69, 9.17) is 10.5 Å². The van der Waals surface area contributed by atoms with Gasteiger partial charge in [-0.25, -0.2) is 0 Å². The summed E-state index contributed by atoms with van der Waals surface area (Å²) >= 11 is 1.45. The molecule has 1 aromatic heterocycles. The molecule has 1 aliphatic rings. The van der Waals surface area contributed by atoms with E-state index in [1.54, 1.807) is 7.11 Å². The summed E-state index contributed by atoms with van der Waals surface area (Å²) in [5.41, 5.74) is 6.78. The van der Waals surface area contributed by atoms with E-state index < -0.39 is 0 Å². The number of amides is 1. The molecule has 0 atom stereocenters. The van der Waals surface area contributed by atoms with Gasteiger partial charge in [0.15, 0.2) is 0 Å². The summed E-state index contributed by atoms with van der Waals surface area (Å²) < 4.78 is 6.23. The van der Waals surface area contributed by atoms with Crippen LogP contribution in [-0.2, 0) is 0 Å². The topological polar surface area (TPSA) is 55.6 Å². The lowest BCUT2D eigenvalue weighted by Crippen LogP contribution is -2.35. The van der Waals surface area contributed by atoms with Gasteiger partial charge >= 0.3 is 0 Å². The zero-order valence-electron chi connectivity index (χ0n) is 12.4. The highest BCUT2D eigenvalue weighted by atomic mass is 32.1. The van der Waals surface area contributed by atoms with Crippen molar-refractivity contribution in [1.82, 2.24) is 4.90 Å². The second-order valence-corrected chi connectivity index (χ2v) is 6.61. The van der Waals surface area contributed by atoms with Crippen molar-refractivity contribution >= 4 is 33.0 Å². The SMILES string of the molecule is COc1ccc2c(N)c(C(=O)N(C)C3CCCC3)sc2c1. The van der Waals surface area contributed by atoms with Crippen molar-refractivity contribution in [2.45, 2.75) is 31.7 Å². The first-order valence-electron chi connectivity index (χ1n) is 7.25. The van der Waals surface area contributed by atoms with Crippen molar-refractivity contribution in [3.05, 3.63) is 23.1 Å². The number of nitrogens with zero attached hydrogens (tertiary/aromatic N) is 1. The molecule has 0 aliphatic heterocycles. The van der Waals surface area contributed by atoms with E-state index in [0.29, 0.717) is 16.6 Å². The lowest BCUT2D eigenvalue weighted by Gasteiger charge is -2.23. The first-order chi connectivity index (χ1) is 10.1. The summed E-state index contributed by atoms with van der Waals surface area (Å²) in [5, 5.41) is 0.934. The predicted octanol–water partition coefficient (Wildman–Crippen LogP) is 3.51. The molecule has 1 aromatic carbocycles. The Morgan fingerprint density at radius 2 is 2.10 bits per heavy atom. The van der Waals surface area contributed by atoms with Crippen LogP contribution in [0.25, 0.3) is 10.1 Å². The number of benzene rings is 1. The van der Waals surface area contributed by atoms with E-state index in [2.05, 4.69) is 0 Å². The van der Waals surface area contributed by atoms with Crippen LogP contribution in [0.15, 0.2) is 18.2 Å². The molecule has 1 saturated carbocycles. The average molecular weight is 304 g/mol. The molecule has 4 nitrogen and oxygen atoms in total. The third kappa shape index (κ3) is 2.46. The maximum Gasteiger partial charge on any atom is 0.266 e. The molecular formula is C16H20N2O2S. The van der Waals surface area contributed by atoms with E-state index in [1.807, 2.05) is 30.1 Å². The van der Waals surface area contributed by atoms with Crippen LogP contribution >= 0.6 is 11.3 Å². The van der Waals surface area contributed by atoms with E-state index in [1.165, 1.54) is 24.2 Å². The Hall–Kier alpha value is -1.75. The lowest BCUT2D eigenvalue weighted by molar-refractivity contribution is 0.0741. The van der Waals surface area contributed by atoms with Crippen LogP contribution in [0.3, 0.4) is 0 Å². The van der Waals surface area contributed by atoms with Crippen molar-refractivity contribution < 1.29 is 9.53 Å². The van der Waals surface area contributed by atoms with E-state index in [9.17, 15) is 4.79 Å². The van der Waals surface area contributed by atoms with Crippen molar-refractivity contribution in [3.8, 4) is 5.75 Å². The molecule has 0 spiro atoms. The zero-order valence-corrected chi connectivity index (χ0v) is 13.2. The van der Waals surface area contributed by atoms with Gasteiger partial charge in [-0.1, -0.05) is 12.8 Å². The Morgan fingerprint density at radius 3 is 2.76 bits per heavy atom. The Labute approximate surface area is 128 Å². The van der Waals surface area contributed by atoms with E-state index in [0.717, 1.165) is 28.7 Å². The van der Waals surface area contributed by atoms with E-state index >= 15 is 0 Å². The highest BCUT2D eigenvalue weighted by Crippen LogP contribution is 2.37. The number of thiophene rings is 1. The predicted molar refractivity (Wildman–Crippen MR) is 87.1 cm³/mol. The summed E-state index contributed by atoms with van der Waals surface area (Å²) in [6.45, 7) is 0. The fraction of sp³-hybridized carbons (Fsp3) is 0.438. The molecule has 112 valence electrons. The molecule has 0 saturated heterocycles. The maximum atomic E-state index is 12.7. The van der Waals surface area contributed by atoms with Crippen LogP contribution < -0.4 is 10.5 Å². The van der Waals surface area contributed by atoms with Crippen molar-refractivity contribution in [2.24, 2.45) is 0 Å². The number of hydrogen-bond acceptors (Lipinski definition) is 4. The standard InChI is InChI=1S/C16H20N2O2S/c1-18(10-5-3-4-6-10)16(19)15-14(17)12-8-7-11(20-2)9-13(12)21-15/h7-10H,3-6,17H2,1-2H3. The van der Waals surface area contributed by atoms with E-state index in [-0.39, 0.29) is 5.91 Å². The van der Waals surface area contributed by atoms with Crippen molar-refractivity contribution in [2.75, 3.05) is 19.9 Å². The molecule has 21 heavy (non-hydrogen) atoms. The summed E-state index contributed by atoms with van der Waals surface area (Å²) in [7, 11) is 3.53. The fourth-order valence-electron chi connectivity index (χ4n) is 3.00. The van der Waals surface area contributed by atoms with Crippen LogP contribution in [-0.4, -0.2) is 31.0 Å². The number of hydrogen-bond donors (Lipinski definition) is 1. The fourth-order valence-corrected chi connectivity index (χ4v) is 4.13. The molecule has 2 aromatic rings. The number of fused-ring (bicyclic) bond motifs is 1. The van der Waals surface area contributed by atoms with Crippen LogP contribution in [0.1, 0.15) is 35.4 Å². The van der Waals surface area contributed by atoms with Crippen LogP contribution in [0, 0.1) is 0 Å². The molecule has 5 heteroatoms. The summed E-state index contributed by atoms with van der Waals surface area (Å²) in [4.78, 5) is 15.2. The van der Waals surface area contributed by atoms with Crippen LogP contribution in [0.2, 0.25) is 0 Å². The van der Waals surface area contributed by atoms with Crippen molar-refractivity contribution in [3.63, 3.8) is 0 Å². The van der Waals surface area contributed by atoms with Gasteiger partial charge < -0.3 is 15.4 Å². The number of anilines is 1. The van der Waals surface area contributed by atoms with Gasteiger partial charge in [0.2, 0.25) is 0 Å². The molecule has 3 rings (SSSR count). The average Bonchev–Trinajstić information content (AvgIpc) is 3.14. The third-order valence-electron chi connectivity index (χ3n) is 4.32. The number of methoxy groups -OCH3 is 1. The summed E-state index contributed by atoms with van der Waals surface area (Å²) in [6.07, 6.45) is 4.62. The number of nitrogen functional groups attached to an aromatic ring is 1. The molecule has 0 radical (unpaired) electrons. The number of rotatable bonds is 3. The Morgan fingerprint density at radius 1 is 1.38 bits per heavy atom. The van der Waals surface area contributed by atoms with Crippen LogP contribution in [0.4, 0.5) is 5.69 Å². The van der Waals surface area contributed by atoms with Crippen LogP contribution in [0.5, 0.6) is 5.75 Å². The molecule has 0 bridgehead atoms. The van der Waals surface area contributed by atoms with Gasteiger partial charge in [0, 0.05) is 23.2 Å². The Balaban J connectivity index is 1.95. The third-order valence-corrected chi connectivity index (χ3v) is 5.48. The zero-order chi connectivity index (χ0) is 15.0. The Bertz CT molecular complexity index is 674. The number of carbonyl (C=O) groups is 1. The van der Waals surface area contributed by atoms with Gasteiger partial charge in [0.25, 0.3) is 5.91 Å². The highest BCUT2D eigenvalue weighted by molar-refractivity contribution is 7.21. The summed E-state index contributed by atoms with van der Waals surface area (Å²) in [5.74, 6) is 0.825. The number of nitrogens with two attached hydrogens (primary N) is 1. The minimum atomic E-state index is 0.0413. The van der Waals surface area contributed by atoms with Gasteiger partial charge in [-0.3, -0.25) is 4.79 Å². The van der Waals surface area contributed by atoms with Gasteiger partial charge in [-0.15, -0.1) is 11.3 Å². The molecule has 1 amide bonds. The quantitative estimate of drug-likeness (QED) is 0.944. The largest absolute Gasteiger partial charge is 0.497 e. The molecule has 1 heterocycles. The van der Waals surface area contributed by atoms with Gasteiger partial charge in [0.1, 0.15) is 10.6 Å². The number of ether oxygens (including phenoxy) is 1. The smallest absolute Gasteiger partial charge is 0.266 e. The first kappa shape index (κ1) is 14.2. The molecule has 0 unspecified atom stereocenters. The molecule has 1 fully saturated rings. The van der Waals surface area contributed by atoms with Gasteiger partial charge in [-0.2, -0.15) is 0 Å². The minimum absolute atomic E-state index is 0.0413. The Kier molecular flexibility index (Phi) is 3.76. The molecule has 2 N–H and O–H groups in total. The van der Waals surface area contributed by atoms with Gasteiger partial charge in [-0.05, 0) is 31.0 Å². The number of carbonyl (C=O) groups excluding carboxylic acids is 1. The second-order valence-electron chi connectivity index (χ2n) is 5.56. The lowest BCUT2D eigenvalue weighted by atomic mass is 10.2. The molecule has 1 aliphatic carbocycles. The summed E-state index contributed by atoms with van der Waals surface area (Å²) in [6, 6.07) is 6.09. The highest BCUT2D eigenvalue weighted by Gasteiger charge is 2.27. The maximum absolute atomic E-state index is 12.7. The second kappa shape index (κ2) is 5.56. The normalized spacial score (nSPS) is 15.5. The monoisotopic (exact) mass is 304 g/mol. The van der Waals surface area contributed by atoms with Crippen molar-refractivity contribution in [1.29, 1.82) is 0 Å².